The lowest BCUT2D eigenvalue weighted by Gasteiger charge is -2.07. The molecule has 0 saturated heterocycles. The Balaban J connectivity index is 2.03. The molecular weight excluding hydrogens is 242 g/mol. The largest absolute Gasteiger partial charge is 0.508 e. The summed E-state index contributed by atoms with van der Waals surface area (Å²) in [6, 6.07) is 14.4. The molecular formula is C14H11N3O2. The number of hydrogen-bond donors (Lipinski definition) is 3. The van der Waals surface area contributed by atoms with Crippen molar-refractivity contribution in [3.63, 3.8) is 0 Å². The number of benzene rings is 2. The third kappa shape index (κ3) is 3.48. The van der Waals surface area contributed by atoms with E-state index >= 15 is 0 Å². The molecule has 5 nitrogen and oxygen atoms in total. The minimum Gasteiger partial charge on any atom is -0.508 e. The average molecular weight is 253 g/mol. The average Bonchev–Trinajstić information content (AvgIpc) is 2.38. The summed E-state index contributed by atoms with van der Waals surface area (Å²) in [4.78, 5) is 11.7. The van der Waals surface area contributed by atoms with Gasteiger partial charge in [-0.1, -0.05) is 12.1 Å². The molecule has 0 aliphatic heterocycles. The van der Waals surface area contributed by atoms with Crippen LogP contribution in [0.5, 0.6) is 5.75 Å². The Hall–Kier alpha value is -3.00. The number of carbonyl (C=O) groups is 1. The molecule has 3 N–H and O–H groups in total. The first-order valence-electron chi connectivity index (χ1n) is 5.54. The fourth-order valence-corrected chi connectivity index (χ4v) is 1.54. The predicted octanol–water partition coefficient (Wildman–Crippen LogP) is 2.91. The van der Waals surface area contributed by atoms with Gasteiger partial charge in [0.05, 0.1) is 11.6 Å². The van der Waals surface area contributed by atoms with Crippen molar-refractivity contribution in [3.8, 4) is 11.8 Å². The summed E-state index contributed by atoms with van der Waals surface area (Å²) in [5.74, 6) is 0.0734. The zero-order chi connectivity index (χ0) is 13.7. The molecule has 0 unspecified atom stereocenters. The van der Waals surface area contributed by atoms with Crippen molar-refractivity contribution in [2.24, 2.45) is 0 Å². The maximum atomic E-state index is 11.7. The van der Waals surface area contributed by atoms with Gasteiger partial charge in [0.1, 0.15) is 5.75 Å². The van der Waals surface area contributed by atoms with E-state index in [9.17, 15) is 9.90 Å². The van der Waals surface area contributed by atoms with E-state index in [-0.39, 0.29) is 5.75 Å². The first kappa shape index (κ1) is 12.5. The number of phenolic OH excluding ortho intramolecular Hbond substituents is 1. The monoisotopic (exact) mass is 253 g/mol. The highest BCUT2D eigenvalue weighted by molar-refractivity contribution is 5.99. The Kier molecular flexibility index (Phi) is 3.64. The molecule has 0 heterocycles. The number of nitriles is 1. The normalized spacial score (nSPS) is 9.42. The fourth-order valence-electron chi connectivity index (χ4n) is 1.54. The first-order valence-corrected chi connectivity index (χ1v) is 5.54. The third-order valence-corrected chi connectivity index (χ3v) is 2.35. The number of urea groups is 1. The molecule has 0 spiro atoms. The van der Waals surface area contributed by atoms with Gasteiger partial charge in [-0.15, -0.1) is 0 Å². The molecule has 2 aromatic rings. The number of carbonyl (C=O) groups excluding carboxylic acids is 1. The highest BCUT2D eigenvalue weighted by atomic mass is 16.3. The molecule has 0 aromatic heterocycles. The third-order valence-electron chi connectivity index (χ3n) is 2.35. The van der Waals surface area contributed by atoms with Crippen molar-refractivity contribution < 1.29 is 9.90 Å². The van der Waals surface area contributed by atoms with Crippen LogP contribution in [0.1, 0.15) is 5.56 Å². The maximum absolute atomic E-state index is 11.7. The van der Waals surface area contributed by atoms with Gasteiger partial charge in [-0.25, -0.2) is 4.79 Å². The van der Waals surface area contributed by atoms with Gasteiger partial charge >= 0.3 is 6.03 Å². The number of rotatable bonds is 2. The predicted molar refractivity (Wildman–Crippen MR) is 71.9 cm³/mol. The van der Waals surface area contributed by atoms with E-state index in [2.05, 4.69) is 10.6 Å². The van der Waals surface area contributed by atoms with Crippen LogP contribution in [0.4, 0.5) is 16.2 Å². The highest BCUT2D eigenvalue weighted by Gasteiger charge is 2.03. The van der Waals surface area contributed by atoms with Gasteiger partial charge in [0.15, 0.2) is 0 Å². The van der Waals surface area contributed by atoms with Gasteiger partial charge in [-0.05, 0) is 30.3 Å². The van der Waals surface area contributed by atoms with E-state index in [1.165, 1.54) is 12.1 Å². The smallest absolute Gasteiger partial charge is 0.323 e. The SMILES string of the molecule is N#Cc1cccc(NC(=O)Nc2cccc(O)c2)c1. The van der Waals surface area contributed by atoms with Gasteiger partial charge in [-0.2, -0.15) is 5.26 Å². The Labute approximate surface area is 110 Å². The van der Waals surface area contributed by atoms with Crippen molar-refractivity contribution in [1.29, 1.82) is 5.26 Å². The van der Waals surface area contributed by atoms with Gasteiger partial charge in [0.2, 0.25) is 0 Å². The van der Waals surface area contributed by atoms with Crippen LogP contribution in [0, 0.1) is 11.3 Å². The number of aromatic hydroxyl groups is 1. The van der Waals surface area contributed by atoms with Crippen molar-refractivity contribution >= 4 is 17.4 Å². The molecule has 5 heteroatoms. The van der Waals surface area contributed by atoms with Crippen LogP contribution in [-0.2, 0) is 0 Å². The molecule has 2 amide bonds. The summed E-state index contributed by atoms with van der Waals surface area (Å²) in [7, 11) is 0. The Morgan fingerprint density at radius 3 is 2.32 bits per heavy atom. The second-order valence-electron chi connectivity index (χ2n) is 3.82. The topological polar surface area (TPSA) is 85.2 Å². The lowest BCUT2D eigenvalue weighted by atomic mass is 10.2. The maximum Gasteiger partial charge on any atom is 0.323 e. The molecule has 0 radical (unpaired) electrons. The summed E-state index contributed by atoms with van der Waals surface area (Å²) >= 11 is 0. The van der Waals surface area contributed by atoms with Crippen LogP contribution in [0.25, 0.3) is 0 Å². The summed E-state index contributed by atoms with van der Waals surface area (Å²) in [6.45, 7) is 0. The number of hydrogen-bond acceptors (Lipinski definition) is 3. The minimum atomic E-state index is -0.444. The van der Waals surface area contributed by atoms with E-state index in [4.69, 9.17) is 5.26 Å². The van der Waals surface area contributed by atoms with Crippen molar-refractivity contribution in [1.82, 2.24) is 0 Å². The summed E-state index contributed by atoms with van der Waals surface area (Å²) in [5, 5.41) is 23.2. The molecule has 0 aliphatic rings. The van der Waals surface area contributed by atoms with Crippen LogP contribution >= 0.6 is 0 Å². The second-order valence-corrected chi connectivity index (χ2v) is 3.82. The van der Waals surface area contributed by atoms with Gasteiger partial charge < -0.3 is 15.7 Å². The molecule has 0 atom stereocenters. The molecule has 0 fully saturated rings. The Bertz CT molecular complexity index is 647. The molecule has 94 valence electrons. The van der Waals surface area contributed by atoms with Crippen molar-refractivity contribution in [2.45, 2.75) is 0 Å². The number of nitrogens with zero attached hydrogens (tertiary/aromatic N) is 1. The van der Waals surface area contributed by atoms with E-state index < -0.39 is 6.03 Å². The van der Waals surface area contributed by atoms with Crippen LogP contribution in [0.15, 0.2) is 48.5 Å². The molecule has 0 saturated carbocycles. The van der Waals surface area contributed by atoms with Crippen LogP contribution in [-0.4, -0.2) is 11.1 Å². The fraction of sp³-hybridized carbons (Fsp3) is 0. The number of amides is 2. The number of nitrogens with one attached hydrogen (secondary N) is 2. The quantitative estimate of drug-likeness (QED) is 0.769. The van der Waals surface area contributed by atoms with Crippen molar-refractivity contribution in [2.75, 3.05) is 10.6 Å². The molecule has 2 aromatic carbocycles. The van der Waals surface area contributed by atoms with Gasteiger partial charge in [0.25, 0.3) is 0 Å². The van der Waals surface area contributed by atoms with Gasteiger partial charge in [-0.3, -0.25) is 0 Å². The van der Waals surface area contributed by atoms with Crippen molar-refractivity contribution in [3.05, 3.63) is 54.1 Å². The summed E-state index contributed by atoms with van der Waals surface area (Å²) < 4.78 is 0. The lowest BCUT2D eigenvalue weighted by molar-refractivity contribution is 0.262. The summed E-state index contributed by atoms with van der Waals surface area (Å²) in [5.41, 5.74) is 1.47. The van der Waals surface area contributed by atoms with E-state index in [0.29, 0.717) is 16.9 Å². The van der Waals surface area contributed by atoms with Crippen LogP contribution in [0.2, 0.25) is 0 Å². The molecule has 0 aliphatic carbocycles. The first-order chi connectivity index (χ1) is 9.17. The van der Waals surface area contributed by atoms with E-state index in [0.717, 1.165) is 0 Å². The minimum absolute atomic E-state index is 0.0734. The van der Waals surface area contributed by atoms with Gasteiger partial charge in [0, 0.05) is 17.4 Å². The standard InChI is InChI=1S/C14H11N3O2/c15-9-10-3-1-4-11(7-10)16-14(19)17-12-5-2-6-13(18)8-12/h1-8,18H,(H2,16,17,19). The Morgan fingerprint density at radius 2 is 1.68 bits per heavy atom. The molecule has 19 heavy (non-hydrogen) atoms. The Morgan fingerprint density at radius 1 is 1.05 bits per heavy atom. The zero-order valence-electron chi connectivity index (χ0n) is 9.92. The van der Waals surface area contributed by atoms with E-state index in [1.807, 2.05) is 6.07 Å². The highest BCUT2D eigenvalue weighted by Crippen LogP contribution is 2.16. The number of phenols is 1. The lowest BCUT2D eigenvalue weighted by Crippen LogP contribution is -2.19. The van der Waals surface area contributed by atoms with Crippen LogP contribution < -0.4 is 10.6 Å². The summed E-state index contributed by atoms with van der Waals surface area (Å²) in [6.07, 6.45) is 0. The van der Waals surface area contributed by atoms with Crippen LogP contribution in [0.3, 0.4) is 0 Å². The molecule has 2 rings (SSSR count). The second kappa shape index (κ2) is 5.56. The molecule has 0 bridgehead atoms. The van der Waals surface area contributed by atoms with E-state index in [1.54, 1.807) is 36.4 Å². The zero-order valence-corrected chi connectivity index (χ0v) is 9.92. The number of anilines is 2.